The second-order valence-corrected chi connectivity index (χ2v) is 8.69. The normalized spacial score (nSPS) is 20.1. The maximum absolute atomic E-state index is 12.5. The fraction of sp³-hybridized carbons (Fsp3) is 0.375. The minimum atomic E-state index is -1.22. The molecule has 1 amide bonds. The number of amides is 1. The summed E-state index contributed by atoms with van der Waals surface area (Å²) < 4.78 is 0. The van der Waals surface area contributed by atoms with Crippen LogP contribution in [-0.2, 0) is 9.59 Å². The monoisotopic (exact) mass is 408 g/mol. The number of carbonyl (C=O) groups excluding carboxylic acids is 2. The molecule has 1 aliphatic rings. The smallest absolute Gasteiger partial charge is 0.328 e. The van der Waals surface area contributed by atoms with E-state index in [1.165, 1.54) is 5.56 Å². The van der Waals surface area contributed by atoms with E-state index >= 15 is 0 Å². The minimum absolute atomic E-state index is 0.103. The van der Waals surface area contributed by atoms with E-state index in [9.17, 15) is 19.5 Å². The Morgan fingerprint density at radius 3 is 2.17 bits per heavy atom. The third-order valence-electron chi connectivity index (χ3n) is 5.73. The molecule has 3 rings (SSSR count). The Kier molecular flexibility index (Phi) is 6.08. The molecule has 0 aromatic heterocycles. The third-order valence-corrected chi connectivity index (χ3v) is 5.73. The van der Waals surface area contributed by atoms with Crippen molar-refractivity contribution < 1.29 is 19.5 Å². The highest BCUT2D eigenvalue weighted by molar-refractivity contribution is 5.97. The van der Waals surface area contributed by atoms with Crippen molar-refractivity contribution in [3.63, 3.8) is 0 Å². The highest BCUT2D eigenvalue weighted by atomic mass is 16.4. The largest absolute Gasteiger partial charge is 0.480 e. The van der Waals surface area contributed by atoms with Crippen molar-refractivity contribution in [3.8, 4) is 0 Å². The van der Waals surface area contributed by atoms with Gasteiger partial charge in [-0.2, -0.15) is 0 Å². The quantitative estimate of drug-likeness (QED) is 0.622. The SMILES string of the molecule is CC(=O)C(c1ccc(C(=O)NC(C(=O)O)C(C)(C)N)cc1)C1CC1c1ccccc1. The first-order valence-corrected chi connectivity index (χ1v) is 10.1. The van der Waals surface area contributed by atoms with Crippen LogP contribution < -0.4 is 11.1 Å². The molecule has 4 N–H and O–H groups in total. The Labute approximate surface area is 176 Å². The summed E-state index contributed by atoms with van der Waals surface area (Å²) in [4.78, 5) is 36.3. The van der Waals surface area contributed by atoms with E-state index < -0.39 is 23.5 Å². The first-order valence-electron chi connectivity index (χ1n) is 10.1. The molecule has 0 spiro atoms. The second-order valence-electron chi connectivity index (χ2n) is 8.69. The zero-order valence-electron chi connectivity index (χ0n) is 17.5. The molecule has 0 radical (unpaired) electrons. The van der Waals surface area contributed by atoms with E-state index in [1.54, 1.807) is 45.0 Å². The van der Waals surface area contributed by atoms with Gasteiger partial charge in [0.05, 0.1) is 0 Å². The maximum atomic E-state index is 12.5. The van der Waals surface area contributed by atoms with Gasteiger partial charge in [-0.05, 0) is 62.3 Å². The van der Waals surface area contributed by atoms with Crippen molar-refractivity contribution in [3.05, 3.63) is 71.3 Å². The van der Waals surface area contributed by atoms with Gasteiger partial charge >= 0.3 is 5.97 Å². The number of nitrogens with one attached hydrogen (secondary N) is 1. The van der Waals surface area contributed by atoms with Crippen LogP contribution in [0.25, 0.3) is 0 Å². The zero-order chi connectivity index (χ0) is 22.1. The lowest BCUT2D eigenvalue weighted by Crippen LogP contribution is -2.58. The van der Waals surface area contributed by atoms with Crippen molar-refractivity contribution in [2.75, 3.05) is 0 Å². The molecular weight excluding hydrogens is 380 g/mol. The van der Waals surface area contributed by atoms with Crippen LogP contribution in [0, 0.1) is 5.92 Å². The summed E-state index contributed by atoms with van der Waals surface area (Å²) in [6, 6.07) is 15.8. The van der Waals surface area contributed by atoms with Crippen LogP contribution in [0.3, 0.4) is 0 Å². The molecule has 1 aliphatic carbocycles. The van der Waals surface area contributed by atoms with Crippen LogP contribution >= 0.6 is 0 Å². The molecular formula is C24H28N2O4. The number of Topliss-reactive ketones (excluding diaryl/α,β-unsaturated/α-hetero) is 1. The Balaban J connectivity index is 1.74. The van der Waals surface area contributed by atoms with E-state index in [-0.39, 0.29) is 17.6 Å². The summed E-state index contributed by atoms with van der Waals surface area (Å²) in [5.74, 6) is -1.20. The predicted octanol–water partition coefficient (Wildman–Crippen LogP) is 3.08. The number of carbonyl (C=O) groups is 3. The molecule has 4 atom stereocenters. The fourth-order valence-electron chi connectivity index (χ4n) is 4.07. The lowest BCUT2D eigenvalue weighted by Gasteiger charge is -2.27. The van der Waals surface area contributed by atoms with Crippen molar-refractivity contribution in [2.24, 2.45) is 11.7 Å². The van der Waals surface area contributed by atoms with Gasteiger partial charge in [0.25, 0.3) is 5.91 Å². The maximum Gasteiger partial charge on any atom is 0.328 e. The molecule has 0 saturated heterocycles. The van der Waals surface area contributed by atoms with Gasteiger partial charge in [-0.3, -0.25) is 9.59 Å². The minimum Gasteiger partial charge on any atom is -0.480 e. The van der Waals surface area contributed by atoms with Crippen LogP contribution in [0.4, 0.5) is 0 Å². The van der Waals surface area contributed by atoms with E-state index in [0.717, 1.165) is 12.0 Å². The average Bonchev–Trinajstić information content (AvgIpc) is 3.46. The molecule has 1 saturated carbocycles. The Morgan fingerprint density at radius 2 is 1.67 bits per heavy atom. The summed E-state index contributed by atoms with van der Waals surface area (Å²) in [6.07, 6.45) is 0.961. The summed E-state index contributed by atoms with van der Waals surface area (Å²) in [5.41, 5.74) is 7.20. The number of carboxylic acid groups (broad SMARTS) is 1. The summed E-state index contributed by atoms with van der Waals surface area (Å²) in [5, 5.41) is 11.8. The lowest BCUT2D eigenvalue weighted by molar-refractivity contribution is -0.140. The average molecular weight is 408 g/mol. The molecule has 1 fully saturated rings. The topological polar surface area (TPSA) is 109 Å². The van der Waals surface area contributed by atoms with Gasteiger partial charge in [0.2, 0.25) is 0 Å². The molecule has 30 heavy (non-hydrogen) atoms. The van der Waals surface area contributed by atoms with Gasteiger partial charge in [-0.1, -0.05) is 42.5 Å². The zero-order valence-corrected chi connectivity index (χ0v) is 17.5. The number of carboxylic acids is 1. The van der Waals surface area contributed by atoms with Crippen molar-refractivity contribution in [2.45, 2.75) is 50.6 Å². The number of hydrogen-bond donors (Lipinski definition) is 3. The number of aliphatic carboxylic acids is 1. The van der Waals surface area contributed by atoms with Crippen LogP contribution in [0.5, 0.6) is 0 Å². The van der Waals surface area contributed by atoms with E-state index in [2.05, 4.69) is 17.4 Å². The fourth-order valence-corrected chi connectivity index (χ4v) is 4.07. The highest BCUT2D eigenvalue weighted by Gasteiger charge is 2.46. The van der Waals surface area contributed by atoms with Crippen LogP contribution in [0.2, 0.25) is 0 Å². The van der Waals surface area contributed by atoms with Crippen LogP contribution in [0.15, 0.2) is 54.6 Å². The van der Waals surface area contributed by atoms with E-state index in [1.807, 2.05) is 18.2 Å². The molecule has 6 nitrogen and oxygen atoms in total. The van der Waals surface area contributed by atoms with Gasteiger partial charge in [-0.25, -0.2) is 4.79 Å². The number of ketones is 1. The van der Waals surface area contributed by atoms with E-state index in [4.69, 9.17) is 5.73 Å². The molecule has 0 bridgehead atoms. The third kappa shape index (κ3) is 4.76. The van der Waals surface area contributed by atoms with Gasteiger partial charge in [0, 0.05) is 17.0 Å². The lowest BCUT2D eigenvalue weighted by atomic mass is 9.88. The first-order chi connectivity index (χ1) is 14.1. The molecule has 0 aliphatic heterocycles. The van der Waals surface area contributed by atoms with Crippen LogP contribution in [-0.4, -0.2) is 34.3 Å². The van der Waals surface area contributed by atoms with Crippen LogP contribution in [0.1, 0.15) is 60.5 Å². The standard InChI is InChI=1S/C24H28N2O4/c1-14(27)20(19-13-18(19)15-7-5-4-6-8-15)16-9-11-17(12-10-16)22(28)26-21(23(29)30)24(2,3)25/h4-12,18-21H,13,25H2,1-3H3,(H,26,28)(H,29,30). The Hall–Kier alpha value is -2.99. The molecule has 4 unspecified atom stereocenters. The first kappa shape index (κ1) is 21.7. The van der Waals surface area contributed by atoms with Crippen molar-refractivity contribution >= 4 is 17.7 Å². The second kappa shape index (κ2) is 8.40. The number of hydrogen-bond acceptors (Lipinski definition) is 4. The van der Waals surface area contributed by atoms with Gasteiger partial charge < -0.3 is 16.2 Å². The van der Waals surface area contributed by atoms with Crippen molar-refractivity contribution in [1.29, 1.82) is 0 Å². The van der Waals surface area contributed by atoms with Gasteiger partial charge in [0.1, 0.15) is 11.8 Å². The molecule has 0 heterocycles. The molecule has 6 heteroatoms. The Morgan fingerprint density at radius 1 is 1.07 bits per heavy atom. The summed E-state index contributed by atoms with van der Waals surface area (Å²) in [6.45, 7) is 4.70. The van der Waals surface area contributed by atoms with Gasteiger partial charge in [0.15, 0.2) is 0 Å². The number of rotatable bonds is 8. The number of nitrogens with two attached hydrogens (primary N) is 1. The predicted molar refractivity (Wildman–Crippen MR) is 114 cm³/mol. The number of benzene rings is 2. The van der Waals surface area contributed by atoms with Crippen molar-refractivity contribution in [1.82, 2.24) is 5.32 Å². The Bertz CT molecular complexity index is 932. The summed E-state index contributed by atoms with van der Waals surface area (Å²) >= 11 is 0. The highest BCUT2D eigenvalue weighted by Crippen LogP contribution is 2.55. The molecule has 2 aromatic rings. The van der Waals surface area contributed by atoms with E-state index in [0.29, 0.717) is 11.5 Å². The molecule has 2 aromatic carbocycles. The van der Waals surface area contributed by atoms with Gasteiger partial charge in [-0.15, -0.1) is 0 Å². The molecule has 158 valence electrons. The summed E-state index contributed by atoms with van der Waals surface area (Å²) in [7, 11) is 0.